The van der Waals surface area contributed by atoms with Crippen LogP contribution in [0.1, 0.15) is 23.1 Å². The van der Waals surface area contributed by atoms with Crippen LogP contribution < -0.4 is 5.32 Å². The molecule has 0 bridgehead atoms. The van der Waals surface area contributed by atoms with Crippen molar-refractivity contribution in [3.63, 3.8) is 0 Å². The molecular formula is C15H18N6O3. The molecule has 0 radical (unpaired) electrons. The van der Waals surface area contributed by atoms with E-state index in [-0.39, 0.29) is 23.3 Å². The second kappa shape index (κ2) is 6.36. The van der Waals surface area contributed by atoms with E-state index in [1.807, 2.05) is 6.92 Å². The van der Waals surface area contributed by atoms with Gasteiger partial charge in [0.15, 0.2) is 5.69 Å². The average Bonchev–Trinajstić information content (AvgIpc) is 2.96. The highest BCUT2D eigenvalue weighted by molar-refractivity contribution is 5.93. The van der Waals surface area contributed by atoms with Crippen molar-refractivity contribution in [1.82, 2.24) is 25.2 Å². The number of nitro groups is 1. The van der Waals surface area contributed by atoms with Crippen molar-refractivity contribution in [2.75, 3.05) is 19.6 Å². The summed E-state index contributed by atoms with van der Waals surface area (Å²) in [5.41, 5.74) is 1.30. The quantitative estimate of drug-likeness (QED) is 0.662. The van der Waals surface area contributed by atoms with Crippen LogP contribution in [0.15, 0.2) is 24.3 Å². The lowest BCUT2D eigenvalue weighted by Crippen LogP contribution is -2.52. The minimum atomic E-state index is -0.468. The molecule has 0 aliphatic carbocycles. The number of amides is 1. The number of nitrogens with zero attached hydrogens (tertiary/aromatic N) is 5. The summed E-state index contributed by atoms with van der Waals surface area (Å²) in [6, 6.07) is 6.16. The van der Waals surface area contributed by atoms with Gasteiger partial charge in [0.05, 0.1) is 16.3 Å². The Kier molecular flexibility index (Phi) is 4.26. The number of carbonyl (C=O) groups excluding carboxylic acids is 1. The van der Waals surface area contributed by atoms with Gasteiger partial charge in [0.25, 0.3) is 11.6 Å². The average molecular weight is 330 g/mol. The molecule has 0 unspecified atom stereocenters. The zero-order valence-electron chi connectivity index (χ0n) is 13.5. The van der Waals surface area contributed by atoms with E-state index < -0.39 is 4.92 Å². The first-order valence-electron chi connectivity index (χ1n) is 7.68. The van der Waals surface area contributed by atoms with Gasteiger partial charge >= 0.3 is 0 Å². The summed E-state index contributed by atoms with van der Waals surface area (Å²) >= 11 is 0. The molecule has 9 heteroatoms. The minimum Gasteiger partial charge on any atom is -0.332 e. The summed E-state index contributed by atoms with van der Waals surface area (Å²) in [6.45, 7) is 5.81. The summed E-state index contributed by atoms with van der Waals surface area (Å²) in [5.74, 6) is -0.168. The Morgan fingerprint density at radius 3 is 2.96 bits per heavy atom. The van der Waals surface area contributed by atoms with Crippen LogP contribution in [0, 0.1) is 17.0 Å². The molecule has 1 amide bonds. The SMILES string of the molecule is Cc1c(C(=O)N2CCNC[C@H]2C)nnn1-c1cccc([N+](=O)[O-])c1. The molecule has 2 heterocycles. The predicted molar refractivity (Wildman–Crippen MR) is 86.1 cm³/mol. The fourth-order valence-electron chi connectivity index (χ4n) is 2.79. The third-order valence-corrected chi connectivity index (χ3v) is 4.14. The van der Waals surface area contributed by atoms with E-state index in [9.17, 15) is 14.9 Å². The predicted octanol–water partition coefficient (Wildman–Crippen LogP) is 0.918. The smallest absolute Gasteiger partial charge is 0.276 e. The number of non-ortho nitro benzene ring substituents is 1. The highest BCUT2D eigenvalue weighted by atomic mass is 16.6. The maximum atomic E-state index is 12.7. The molecule has 1 aromatic heterocycles. The molecule has 24 heavy (non-hydrogen) atoms. The van der Waals surface area contributed by atoms with Crippen molar-refractivity contribution in [3.05, 3.63) is 45.8 Å². The monoisotopic (exact) mass is 330 g/mol. The number of benzene rings is 1. The first-order valence-corrected chi connectivity index (χ1v) is 7.68. The molecule has 1 fully saturated rings. The fourth-order valence-corrected chi connectivity index (χ4v) is 2.79. The van der Waals surface area contributed by atoms with E-state index in [1.165, 1.54) is 16.8 Å². The van der Waals surface area contributed by atoms with Crippen molar-refractivity contribution in [2.24, 2.45) is 0 Å². The van der Waals surface area contributed by atoms with Crippen molar-refractivity contribution in [3.8, 4) is 5.69 Å². The highest BCUT2D eigenvalue weighted by Crippen LogP contribution is 2.19. The molecule has 0 saturated carbocycles. The molecule has 1 N–H and O–H groups in total. The maximum Gasteiger partial charge on any atom is 0.276 e. The van der Waals surface area contributed by atoms with Crippen LogP contribution in [0.4, 0.5) is 5.69 Å². The Labute approximate surface area is 138 Å². The summed E-state index contributed by atoms with van der Waals surface area (Å²) in [7, 11) is 0. The number of piperazine rings is 1. The second-order valence-corrected chi connectivity index (χ2v) is 5.76. The van der Waals surface area contributed by atoms with Gasteiger partial charge in [0.1, 0.15) is 0 Å². The molecule has 9 nitrogen and oxygen atoms in total. The molecular weight excluding hydrogens is 312 g/mol. The Bertz CT molecular complexity index is 787. The molecule has 1 saturated heterocycles. The number of nitro benzene ring substituents is 1. The molecule has 126 valence electrons. The Hall–Kier alpha value is -2.81. The van der Waals surface area contributed by atoms with Crippen molar-refractivity contribution in [1.29, 1.82) is 0 Å². The minimum absolute atomic E-state index is 0.0361. The van der Waals surface area contributed by atoms with Crippen LogP contribution in [0.3, 0.4) is 0 Å². The summed E-state index contributed by atoms with van der Waals surface area (Å²) in [4.78, 5) is 24.9. The van der Waals surface area contributed by atoms with Gasteiger partial charge in [-0.25, -0.2) is 4.68 Å². The van der Waals surface area contributed by atoms with Crippen LogP contribution in [0.2, 0.25) is 0 Å². The van der Waals surface area contributed by atoms with Gasteiger partial charge in [0, 0.05) is 37.8 Å². The van der Waals surface area contributed by atoms with Gasteiger partial charge in [-0.05, 0) is 19.9 Å². The van der Waals surface area contributed by atoms with Crippen LogP contribution in [0.25, 0.3) is 5.69 Å². The Morgan fingerprint density at radius 2 is 2.25 bits per heavy atom. The van der Waals surface area contributed by atoms with Gasteiger partial charge in [-0.15, -0.1) is 5.10 Å². The topological polar surface area (TPSA) is 106 Å². The molecule has 1 aliphatic rings. The lowest BCUT2D eigenvalue weighted by atomic mass is 10.2. The third kappa shape index (κ3) is 2.85. The van der Waals surface area contributed by atoms with Gasteiger partial charge in [-0.2, -0.15) is 0 Å². The lowest BCUT2D eigenvalue weighted by molar-refractivity contribution is -0.384. The number of hydrogen-bond donors (Lipinski definition) is 1. The number of nitrogens with one attached hydrogen (secondary N) is 1. The standard InChI is InChI=1S/C15H18N6O3/c1-10-9-16-6-7-19(10)15(22)14-11(2)20(18-17-14)12-4-3-5-13(8-12)21(23)24/h3-5,8,10,16H,6-7,9H2,1-2H3/t10-/m1/s1. The maximum absolute atomic E-state index is 12.7. The molecule has 3 rings (SSSR count). The summed E-state index contributed by atoms with van der Waals surface area (Å²) in [5, 5.41) is 22.2. The molecule has 0 spiro atoms. The third-order valence-electron chi connectivity index (χ3n) is 4.14. The van der Waals surface area contributed by atoms with E-state index in [1.54, 1.807) is 24.0 Å². The van der Waals surface area contributed by atoms with Gasteiger partial charge in [-0.3, -0.25) is 14.9 Å². The number of aromatic nitrogens is 3. The van der Waals surface area contributed by atoms with E-state index >= 15 is 0 Å². The number of carbonyl (C=O) groups is 1. The van der Waals surface area contributed by atoms with Crippen LogP contribution in [0.5, 0.6) is 0 Å². The number of rotatable bonds is 3. The van der Waals surface area contributed by atoms with Crippen LogP contribution >= 0.6 is 0 Å². The van der Waals surface area contributed by atoms with E-state index in [2.05, 4.69) is 15.6 Å². The highest BCUT2D eigenvalue weighted by Gasteiger charge is 2.28. The van der Waals surface area contributed by atoms with E-state index in [4.69, 9.17) is 0 Å². The van der Waals surface area contributed by atoms with Crippen LogP contribution in [-0.2, 0) is 0 Å². The molecule has 1 atom stereocenters. The van der Waals surface area contributed by atoms with Crippen LogP contribution in [-0.4, -0.2) is 56.4 Å². The molecule has 2 aromatic rings. The molecule has 1 aromatic carbocycles. The van der Waals surface area contributed by atoms with Gasteiger partial charge < -0.3 is 10.2 Å². The first kappa shape index (κ1) is 16.1. The zero-order chi connectivity index (χ0) is 17.3. The number of hydrogen-bond acceptors (Lipinski definition) is 6. The lowest BCUT2D eigenvalue weighted by Gasteiger charge is -2.33. The van der Waals surface area contributed by atoms with Gasteiger partial charge in [0.2, 0.25) is 0 Å². The largest absolute Gasteiger partial charge is 0.332 e. The van der Waals surface area contributed by atoms with Crippen molar-refractivity contribution < 1.29 is 9.72 Å². The normalized spacial score (nSPS) is 17.8. The zero-order valence-corrected chi connectivity index (χ0v) is 13.5. The summed E-state index contributed by atoms with van der Waals surface area (Å²) in [6.07, 6.45) is 0. The van der Waals surface area contributed by atoms with E-state index in [0.29, 0.717) is 17.9 Å². The summed E-state index contributed by atoms with van der Waals surface area (Å²) < 4.78 is 1.45. The Morgan fingerprint density at radius 1 is 1.46 bits per heavy atom. The van der Waals surface area contributed by atoms with Crippen molar-refractivity contribution in [2.45, 2.75) is 19.9 Å². The van der Waals surface area contributed by atoms with Gasteiger partial charge in [-0.1, -0.05) is 11.3 Å². The first-order chi connectivity index (χ1) is 11.5. The van der Waals surface area contributed by atoms with Crippen molar-refractivity contribution >= 4 is 11.6 Å². The second-order valence-electron chi connectivity index (χ2n) is 5.76. The molecule has 1 aliphatic heterocycles. The fraction of sp³-hybridized carbons (Fsp3) is 0.400. The van der Waals surface area contributed by atoms with E-state index in [0.717, 1.165) is 13.1 Å². The Balaban J connectivity index is 1.92.